The number of nitrogens with one attached hydrogen (secondary N) is 1. The average molecular weight is 266 g/mol. The monoisotopic (exact) mass is 266 g/mol. The van der Waals surface area contributed by atoms with Gasteiger partial charge in [0.15, 0.2) is 0 Å². The fourth-order valence-electron chi connectivity index (χ4n) is 2.66. The number of nitrogens with zero attached hydrogens (tertiary/aromatic N) is 1. The van der Waals surface area contributed by atoms with Gasteiger partial charge in [-0.05, 0) is 26.6 Å². The molecule has 1 aliphatic rings. The Kier molecular flexibility index (Phi) is 5.31. The van der Waals surface area contributed by atoms with Gasteiger partial charge in [-0.2, -0.15) is 0 Å². The van der Waals surface area contributed by atoms with Crippen molar-refractivity contribution in [2.75, 3.05) is 33.9 Å². The topological polar surface area (TPSA) is 24.5 Å². The second-order valence-electron chi connectivity index (χ2n) is 5.31. The van der Waals surface area contributed by atoms with Gasteiger partial charge < -0.3 is 15.0 Å². The summed E-state index contributed by atoms with van der Waals surface area (Å²) in [7, 11) is 4.02. The summed E-state index contributed by atoms with van der Waals surface area (Å²) < 4.78 is 19.0. The van der Waals surface area contributed by atoms with Gasteiger partial charge in [0, 0.05) is 37.2 Å². The minimum Gasteiger partial charge on any atom is -0.381 e. The summed E-state index contributed by atoms with van der Waals surface area (Å²) in [5.41, 5.74) is 0.752. The van der Waals surface area contributed by atoms with Crippen LogP contribution in [0.5, 0.6) is 0 Å². The van der Waals surface area contributed by atoms with Crippen LogP contribution in [0.4, 0.5) is 4.39 Å². The molecule has 1 saturated heterocycles. The van der Waals surface area contributed by atoms with Crippen LogP contribution in [0.2, 0.25) is 0 Å². The number of hydrogen-bond donors (Lipinski definition) is 1. The minimum atomic E-state index is -0.125. The van der Waals surface area contributed by atoms with E-state index in [4.69, 9.17) is 4.74 Å². The quantitative estimate of drug-likeness (QED) is 0.851. The summed E-state index contributed by atoms with van der Waals surface area (Å²) in [6.45, 7) is 3.23. The molecule has 0 bridgehead atoms. The molecule has 1 aliphatic heterocycles. The maximum absolute atomic E-state index is 13.6. The van der Waals surface area contributed by atoms with Crippen LogP contribution in [0, 0.1) is 11.7 Å². The summed E-state index contributed by atoms with van der Waals surface area (Å²) in [5.74, 6) is 0.438. The normalized spacial score (nSPS) is 20.9. The molecule has 2 atom stereocenters. The Morgan fingerprint density at radius 3 is 2.89 bits per heavy atom. The SMILES string of the molecule is CNC(CN(C)Cc1ccccc1F)C1CCOC1. The van der Waals surface area contributed by atoms with Crippen LogP contribution in [0.25, 0.3) is 0 Å². The van der Waals surface area contributed by atoms with E-state index in [0.717, 1.165) is 31.7 Å². The first-order chi connectivity index (χ1) is 9.20. The predicted molar refractivity (Wildman–Crippen MR) is 74.5 cm³/mol. The van der Waals surface area contributed by atoms with Crippen LogP contribution in [-0.4, -0.2) is 44.8 Å². The standard InChI is InChI=1S/C15H23FN2O/c1-17-15(13-7-8-19-11-13)10-18(2)9-12-5-3-4-6-14(12)16/h3-6,13,15,17H,7-11H2,1-2H3. The van der Waals surface area contributed by atoms with Gasteiger partial charge >= 0.3 is 0 Å². The highest BCUT2D eigenvalue weighted by Crippen LogP contribution is 2.18. The molecule has 19 heavy (non-hydrogen) atoms. The van der Waals surface area contributed by atoms with Crippen LogP contribution in [0.1, 0.15) is 12.0 Å². The zero-order valence-corrected chi connectivity index (χ0v) is 11.7. The van der Waals surface area contributed by atoms with Crippen LogP contribution in [-0.2, 0) is 11.3 Å². The molecule has 106 valence electrons. The second-order valence-corrected chi connectivity index (χ2v) is 5.31. The molecule has 1 N–H and O–H groups in total. The Balaban J connectivity index is 1.89. The summed E-state index contributed by atoms with van der Waals surface area (Å²) in [4.78, 5) is 2.16. The zero-order chi connectivity index (χ0) is 13.7. The van der Waals surface area contributed by atoms with E-state index in [9.17, 15) is 4.39 Å². The van der Waals surface area contributed by atoms with Crippen molar-refractivity contribution in [2.24, 2.45) is 5.92 Å². The van der Waals surface area contributed by atoms with Crippen molar-refractivity contribution in [3.05, 3.63) is 35.6 Å². The molecule has 0 aliphatic carbocycles. The molecule has 0 aromatic heterocycles. The number of halogens is 1. The Morgan fingerprint density at radius 1 is 1.47 bits per heavy atom. The number of benzene rings is 1. The number of rotatable bonds is 6. The van der Waals surface area contributed by atoms with Gasteiger partial charge in [-0.1, -0.05) is 18.2 Å². The molecule has 0 spiro atoms. The molecule has 2 rings (SSSR count). The third-order valence-electron chi connectivity index (χ3n) is 3.81. The van der Waals surface area contributed by atoms with E-state index >= 15 is 0 Å². The smallest absolute Gasteiger partial charge is 0.127 e. The zero-order valence-electron chi connectivity index (χ0n) is 11.7. The van der Waals surface area contributed by atoms with E-state index < -0.39 is 0 Å². The van der Waals surface area contributed by atoms with Crippen molar-refractivity contribution < 1.29 is 9.13 Å². The number of hydrogen-bond acceptors (Lipinski definition) is 3. The maximum atomic E-state index is 13.6. The van der Waals surface area contributed by atoms with Gasteiger partial charge in [0.1, 0.15) is 5.82 Å². The molecule has 3 nitrogen and oxygen atoms in total. The van der Waals surface area contributed by atoms with Gasteiger partial charge in [-0.25, -0.2) is 4.39 Å². The third-order valence-corrected chi connectivity index (χ3v) is 3.81. The van der Waals surface area contributed by atoms with Gasteiger partial charge in [-0.15, -0.1) is 0 Å². The second kappa shape index (κ2) is 6.98. The molecule has 1 aromatic rings. The predicted octanol–water partition coefficient (Wildman–Crippen LogP) is 1.88. The lowest BCUT2D eigenvalue weighted by atomic mass is 9.98. The Labute approximate surface area is 114 Å². The van der Waals surface area contributed by atoms with Gasteiger partial charge in [0.05, 0.1) is 6.61 Å². The van der Waals surface area contributed by atoms with Crippen molar-refractivity contribution in [1.82, 2.24) is 10.2 Å². The highest BCUT2D eigenvalue weighted by molar-refractivity contribution is 5.17. The Morgan fingerprint density at radius 2 is 2.26 bits per heavy atom. The number of likely N-dealkylation sites (N-methyl/N-ethyl adjacent to an activating group) is 2. The van der Waals surface area contributed by atoms with Crippen molar-refractivity contribution >= 4 is 0 Å². The highest BCUT2D eigenvalue weighted by Gasteiger charge is 2.25. The van der Waals surface area contributed by atoms with Crippen molar-refractivity contribution in [3.8, 4) is 0 Å². The van der Waals surface area contributed by atoms with E-state index in [2.05, 4.69) is 10.2 Å². The van der Waals surface area contributed by atoms with E-state index in [0.29, 0.717) is 18.5 Å². The molecular weight excluding hydrogens is 243 g/mol. The Bertz CT molecular complexity index is 393. The first-order valence-electron chi connectivity index (χ1n) is 6.87. The molecule has 1 fully saturated rings. The van der Waals surface area contributed by atoms with Gasteiger partial charge in [0.25, 0.3) is 0 Å². The lowest BCUT2D eigenvalue weighted by Gasteiger charge is -2.27. The molecule has 2 unspecified atom stereocenters. The Hall–Kier alpha value is -0.970. The van der Waals surface area contributed by atoms with Crippen LogP contribution in [0.15, 0.2) is 24.3 Å². The fourth-order valence-corrected chi connectivity index (χ4v) is 2.66. The van der Waals surface area contributed by atoms with E-state index in [-0.39, 0.29) is 5.82 Å². The van der Waals surface area contributed by atoms with Crippen LogP contribution in [0.3, 0.4) is 0 Å². The largest absolute Gasteiger partial charge is 0.381 e. The molecule has 0 saturated carbocycles. The lowest BCUT2D eigenvalue weighted by Crippen LogP contribution is -2.43. The maximum Gasteiger partial charge on any atom is 0.127 e. The average Bonchev–Trinajstić information content (AvgIpc) is 2.92. The van der Waals surface area contributed by atoms with E-state index in [1.54, 1.807) is 6.07 Å². The fraction of sp³-hybridized carbons (Fsp3) is 0.600. The highest BCUT2D eigenvalue weighted by atomic mass is 19.1. The minimum absolute atomic E-state index is 0.125. The number of ether oxygens (including phenoxy) is 1. The summed E-state index contributed by atoms with van der Waals surface area (Å²) in [5, 5.41) is 3.36. The first-order valence-corrected chi connectivity index (χ1v) is 6.87. The molecule has 0 amide bonds. The summed E-state index contributed by atoms with van der Waals surface area (Å²) in [6, 6.07) is 7.37. The molecule has 4 heteroatoms. The molecule has 0 radical (unpaired) electrons. The van der Waals surface area contributed by atoms with Crippen LogP contribution >= 0.6 is 0 Å². The van der Waals surface area contributed by atoms with Crippen LogP contribution < -0.4 is 5.32 Å². The van der Waals surface area contributed by atoms with Crippen molar-refractivity contribution in [2.45, 2.75) is 19.0 Å². The first kappa shape index (κ1) is 14.4. The molecule has 1 aromatic carbocycles. The molecular formula is C15H23FN2O. The van der Waals surface area contributed by atoms with E-state index in [1.165, 1.54) is 6.07 Å². The summed E-state index contributed by atoms with van der Waals surface area (Å²) >= 11 is 0. The summed E-state index contributed by atoms with van der Waals surface area (Å²) in [6.07, 6.45) is 1.11. The van der Waals surface area contributed by atoms with E-state index in [1.807, 2.05) is 26.2 Å². The lowest BCUT2D eigenvalue weighted by molar-refractivity contribution is 0.167. The van der Waals surface area contributed by atoms with Gasteiger partial charge in [0.2, 0.25) is 0 Å². The van der Waals surface area contributed by atoms with Gasteiger partial charge in [-0.3, -0.25) is 0 Å². The molecule has 1 heterocycles. The third kappa shape index (κ3) is 4.00. The van der Waals surface area contributed by atoms with Crippen molar-refractivity contribution in [3.63, 3.8) is 0 Å². The van der Waals surface area contributed by atoms with Crippen molar-refractivity contribution in [1.29, 1.82) is 0 Å².